The molecule has 0 radical (unpaired) electrons. The first-order valence-electron chi connectivity index (χ1n) is 3.25. The summed E-state index contributed by atoms with van der Waals surface area (Å²) >= 11 is 0. The second-order valence-corrected chi connectivity index (χ2v) is 2.74. The van der Waals surface area contributed by atoms with Gasteiger partial charge in [0.05, 0.1) is 0 Å². The Balaban J connectivity index is 0.000000292. The molecule has 0 aromatic heterocycles. The smallest absolute Gasteiger partial charge is 0.119 e. The van der Waals surface area contributed by atoms with E-state index in [-0.39, 0.29) is 11.5 Å². The van der Waals surface area contributed by atoms with Gasteiger partial charge in [-0.2, -0.15) is 0 Å². The molecular formula is C8H12O2Si. The minimum absolute atomic E-state index is 0.0880. The van der Waals surface area contributed by atoms with Gasteiger partial charge in [0, 0.05) is 16.3 Å². The van der Waals surface area contributed by atoms with Gasteiger partial charge in [-0.15, -0.1) is 12.3 Å². The lowest BCUT2D eigenvalue weighted by molar-refractivity contribution is 0.450. The van der Waals surface area contributed by atoms with E-state index in [1.807, 2.05) is 5.70 Å². The van der Waals surface area contributed by atoms with Crippen LogP contribution in [-0.2, 0) is 0 Å². The van der Waals surface area contributed by atoms with Crippen LogP contribution in [-0.4, -0.2) is 20.5 Å². The van der Waals surface area contributed by atoms with Gasteiger partial charge in [0.1, 0.15) is 11.5 Å². The Bertz CT molecular complexity index is 206. The molecule has 0 bridgehead atoms. The van der Waals surface area contributed by atoms with E-state index in [1.165, 1.54) is 18.2 Å². The van der Waals surface area contributed by atoms with Crippen molar-refractivity contribution in [2.75, 3.05) is 0 Å². The van der Waals surface area contributed by atoms with Crippen LogP contribution in [0.5, 0.6) is 11.5 Å². The van der Waals surface area contributed by atoms with Crippen LogP contribution in [0, 0.1) is 0 Å². The topological polar surface area (TPSA) is 40.5 Å². The van der Waals surface area contributed by atoms with Crippen LogP contribution in [0.15, 0.2) is 36.5 Å². The molecule has 0 aliphatic carbocycles. The van der Waals surface area contributed by atoms with Crippen LogP contribution in [0.1, 0.15) is 0 Å². The van der Waals surface area contributed by atoms with Gasteiger partial charge in [-0.25, -0.2) is 0 Å². The maximum Gasteiger partial charge on any atom is 0.119 e. The molecule has 3 heteroatoms. The third-order valence-electron chi connectivity index (χ3n) is 0.830. The van der Waals surface area contributed by atoms with Gasteiger partial charge in [-0.3, -0.25) is 0 Å². The summed E-state index contributed by atoms with van der Waals surface area (Å²) in [5.74, 6) is 0.176. The maximum atomic E-state index is 8.65. The average molecular weight is 168 g/mol. The Labute approximate surface area is 69.2 Å². The van der Waals surface area contributed by atoms with E-state index >= 15 is 0 Å². The molecule has 2 N–H and O–H groups in total. The van der Waals surface area contributed by atoms with E-state index in [2.05, 4.69) is 6.58 Å². The van der Waals surface area contributed by atoms with Crippen LogP contribution in [0.4, 0.5) is 0 Å². The lowest BCUT2D eigenvalue weighted by Crippen LogP contribution is -1.61. The third kappa shape index (κ3) is 5.23. The van der Waals surface area contributed by atoms with Crippen molar-refractivity contribution in [2.45, 2.75) is 0 Å². The van der Waals surface area contributed by atoms with Crippen molar-refractivity contribution in [3.05, 3.63) is 36.5 Å². The zero-order valence-corrected chi connectivity index (χ0v) is 8.49. The van der Waals surface area contributed by atoms with Crippen LogP contribution in [0.2, 0.25) is 0 Å². The molecule has 0 amide bonds. The lowest BCUT2D eigenvalue weighted by Gasteiger charge is -1.89. The fraction of sp³-hybridized carbons (Fsp3) is 0. The van der Waals surface area contributed by atoms with Crippen molar-refractivity contribution < 1.29 is 10.2 Å². The molecule has 0 saturated heterocycles. The standard InChI is InChI=1S/C6H6O2.C2H6Si/c7-5-2-1-3-6(8)4-5;1-2-3/h1-4,7-8H;2H,1H2,3H3. The SMILES string of the molecule is C=C[SiH3].Oc1cccc(O)c1. The number of phenols is 2. The molecule has 1 aromatic rings. The first-order valence-corrected chi connectivity index (χ1v) is 4.41. The predicted molar refractivity (Wildman–Crippen MR) is 49.9 cm³/mol. The first kappa shape index (κ1) is 9.78. The molecule has 0 aliphatic rings. The normalized spacial score (nSPS) is 8.00. The minimum Gasteiger partial charge on any atom is -0.508 e. The van der Waals surface area contributed by atoms with Crippen molar-refractivity contribution in [1.82, 2.24) is 0 Å². The largest absolute Gasteiger partial charge is 0.508 e. The van der Waals surface area contributed by atoms with Crippen molar-refractivity contribution in [2.24, 2.45) is 0 Å². The van der Waals surface area contributed by atoms with Gasteiger partial charge in [-0.05, 0) is 12.1 Å². The molecule has 1 rings (SSSR count). The lowest BCUT2D eigenvalue weighted by atomic mass is 10.3. The highest BCUT2D eigenvalue weighted by molar-refractivity contribution is 6.16. The summed E-state index contributed by atoms with van der Waals surface area (Å²) in [5, 5.41) is 17.3. The monoisotopic (exact) mass is 168 g/mol. The fourth-order valence-corrected chi connectivity index (χ4v) is 0.493. The van der Waals surface area contributed by atoms with E-state index in [9.17, 15) is 0 Å². The maximum absolute atomic E-state index is 8.65. The van der Waals surface area contributed by atoms with Crippen LogP contribution < -0.4 is 0 Å². The Morgan fingerprint density at radius 3 is 1.82 bits per heavy atom. The highest BCUT2D eigenvalue weighted by Crippen LogP contribution is 2.14. The molecule has 0 aliphatic heterocycles. The number of aromatic hydroxyl groups is 2. The third-order valence-corrected chi connectivity index (χ3v) is 0.830. The molecule has 60 valence electrons. The van der Waals surface area contributed by atoms with E-state index in [4.69, 9.17) is 10.2 Å². The number of phenolic OH excluding ortho intramolecular Hbond substituents is 2. The van der Waals surface area contributed by atoms with Crippen LogP contribution >= 0.6 is 0 Å². The quantitative estimate of drug-likeness (QED) is 0.557. The molecule has 0 atom stereocenters. The fourth-order valence-electron chi connectivity index (χ4n) is 0.493. The Morgan fingerprint density at radius 1 is 1.27 bits per heavy atom. The number of benzene rings is 1. The van der Waals surface area contributed by atoms with E-state index in [1.54, 1.807) is 6.07 Å². The van der Waals surface area contributed by atoms with Crippen LogP contribution in [0.3, 0.4) is 0 Å². The highest BCUT2D eigenvalue weighted by atomic mass is 28.1. The highest BCUT2D eigenvalue weighted by Gasteiger charge is 1.85. The minimum atomic E-state index is 0.0880. The molecule has 11 heavy (non-hydrogen) atoms. The Hall–Kier alpha value is -1.22. The molecule has 0 unspecified atom stereocenters. The molecule has 2 nitrogen and oxygen atoms in total. The summed E-state index contributed by atoms with van der Waals surface area (Å²) in [5.41, 5.74) is 1.89. The zero-order valence-electron chi connectivity index (χ0n) is 6.49. The van der Waals surface area contributed by atoms with E-state index < -0.39 is 0 Å². The van der Waals surface area contributed by atoms with E-state index in [0.29, 0.717) is 0 Å². The molecule has 0 heterocycles. The van der Waals surface area contributed by atoms with Gasteiger partial charge >= 0.3 is 0 Å². The second-order valence-electron chi connectivity index (χ2n) is 1.93. The molecule has 0 saturated carbocycles. The number of rotatable bonds is 0. The van der Waals surface area contributed by atoms with Crippen molar-refractivity contribution >= 4 is 10.2 Å². The van der Waals surface area contributed by atoms with Crippen molar-refractivity contribution in [1.29, 1.82) is 0 Å². The van der Waals surface area contributed by atoms with Gasteiger partial charge in [0.2, 0.25) is 0 Å². The van der Waals surface area contributed by atoms with Gasteiger partial charge in [0.25, 0.3) is 0 Å². The first-order chi connectivity index (χ1) is 5.20. The van der Waals surface area contributed by atoms with Crippen molar-refractivity contribution in [3.63, 3.8) is 0 Å². The number of hydrogen-bond acceptors (Lipinski definition) is 2. The van der Waals surface area contributed by atoms with Gasteiger partial charge in [-0.1, -0.05) is 6.07 Å². The predicted octanol–water partition coefficient (Wildman–Crippen LogP) is 0.593. The van der Waals surface area contributed by atoms with E-state index in [0.717, 1.165) is 10.2 Å². The summed E-state index contributed by atoms with van der Waals surface area (Å²) in [6, 6.07) is 5.85. The average Bonchev–Trinajstić information content (AvgIpc) is 1.88. The van der Waals surface area contributed by atoms with Gasteiger partial charge < -0.3 is 10.2 Å². The molecule has 0 spiro atoms. The number of hydrogen-bond donors (Lipinski definition) is 2. The van der Waals surface area contributed by atoms with Gasteiger partial charge in [0.15, 0.2) is 0 Å². The summed E-state index contributed by atoms with van der Waals surface area (Å²) < 4.78 is 0. The summed E-state index contributed by atoms with van der Waals surface area (Å²) in [6.45, 7) is 3.42. The molecular weight excluding hydrogens is 156 g/mol. The summed E-state index contributed by atoms with van der Waals surface area (Å²) in [7, 11) is 1.13. The summed E-state index contributed by atoms with van der Waals surface area (Å²) in [4.78, 5) is 0. The van der Waals surface area contributed by atoms with Crippen LogP contribution in [0.25, 0.3) is 0 Å². The second kappa shape index (κ2) is 5.55. The molecule has 1 aromatic carbocycles. The summed E-state index contributed by atoms with van der Waals surface area (Å²) in [6.07, 6.45) is 0. The zero-order chi connectivity index (χ0) is 8.69. The van der Waals surface area contributed by atoms with Crippen molar-refractivity contribution in [3.8, 4) is 11.5 Å². The molecule has 0 fully saturated rings. The Kier molecular flexibility index (Phi) is 4.94. The Morgan fingerprint density at radius 2 is 1.64 bits per heavy atom.